The lowest BCUT2D eigenvalue weighted by atomic mass is 9.95. The van der Waals surface area contributed by atoms with Crippen LogP contribution in [0.25, 0.3) is 11.0 Å². The molecule has 6 nitrogen and oxygen atoms in total. The van der Waals surface area contributed by atoms with Gasteiger partial charge in [-0.15, -0.1) is 0 Å². The monoisotopic (exact) mass is 354 g/mol. The van der Waals surface area contributed by atoms with E-state index in [-0.39, 0.29) is 23.8 Å². The molecule has 6 heteroatoms. The van der Waals surface area contributed by atoms with Crippen LogP contribution < -0.4 is 0 Å². The number of hydrogen-bond donors (Lipinski definition) is 1. The standard InChI is InChI=1S/C20H26N4O2/c1-13-5-6-16-17(12-13)22-19(21-16)18-4-3-9-24(18)20(26)15-7-10-23(11-8-15)14(2)25/h5-6,12,15,18H,3-4,7-11H2,1-2H3,(H,21,22). The van der Waals surface area contributed by atoms with Gasteiger partial charge in [-0.05, 0) is 50.3 Å². The van der Waals surface area contributed by atoms with Gasteiger partial charge in [-0.2, -0.15) is 0 Å². The molecule has 2 aliphatic rings. The predicted molar refractivity (Wildman–Crippen MR) is 99.5 cm³/mol. The summed E-state index contributed by atoms with van der Waals surface area (Å²) in [6.45, 7) is 5.84. The fraction of sp³-hybridized carbons (Fsp3) is 0.550. The van der Waals surface area contributed by atoms with E-state index in [2.05, 4.69) is 24.0 Å². The van der Waals surface area contributed by atoms with Crippen molar-refractivity contribution in [2.45, 2.75) is 45.6 Å². The molecule has 4 rings (SSSR count). The van der Waals surface area contributed by atoms with Crippen LogP contribution in [0.5, 0.6) is 0 Å². The van der Waals surface area contributed by atoms with E-state index in [9.17, 15) is 9.59 Å². The highest BCUT2D eigenvalue weighted by atomic mass is 16.2. The van der Waals surface area contributed by atoms with Crippen LogP contribution in [0.2, 0.25) is 0 Å². The Hall–Kier alpha value is -2.37. The number of aromatic amines is 1. The summed E-state index contributed by atoms with van der Waals surface area (Å²) < 4.78 is 0. The van der Waals surface area contributed by atoms with Crippen LogP contribution in [0.1, 0.15) is 50.0 Å². The highest BCUT2D eigenvalue weighted by Gasteiger charge is 2.37. The second-order valence-corrected chi connectivity index (χ2v) is 7.61. The minimum Gasteiger partial charge on any atom is -0.343 e. The Morgan fingerprint density at radius 3 is 2.65 bits per heavy atom. The molecule has 0 bridgehead atoms. The number of piperidine rings is 1. The van der Waals surface area contributed by atoms with Gasteiger partial charge in [0.1, 0.15) is 5.82 Å². The molecule has 2 fully saturated rings. The second-order valence-electron chi connectivity index (χ2n) is 7.61. The third-order valence-electron chi connectivity index (χ3n) is 5.80. The van der Waals surface area contributed by atoms with E-state index in [1.165, 1.54) is 5.56 Å². The largest absolute Gasteiger partial charge is 0.343 e. The number of aromatic nitrogens is 2. The van der Waals surface area contributed by atoms with Crippen molar-refractivity contribution >= 4 is 22.8 Å². The van der Waals surface area contributed by atoms with E-state index >= 15 is 0 Å². The van der Waals surface area contributed by atoms with Gasteiger partial charge in [-0.3, -0.25) is 9.59 Å². The number of likely N-dealkylation sites (tertiary alicyclic amines) is 2. The normalized spacial score (nSPS) is 21.5. The van der Waals surface area contributed by atoms with Gasteiger partial charge in [0, 0.05) is 32.5 Å². The molecule has 2 amide bonds. The van der Waals surface area contributed by atoms with Crippen LogP contribution in [0, 0.1) is 12.8 Å². The van der Waals surface area contributed by atoms with E-state index in [4.69, 9.17) is 4.98 Å². The van der Waals surface area contributed by atoms with Gasteiger partial charge in [-0.1, -0.05) is 6.07 Å². The lowest BCUT2D eigenvalue weighted by molar-refractivity contribution is -0.141. The van der Waals surface area contributed by atoms with Crippen LogP contribution in [0.4, 0.5) is 0 Å². The quantitative estimate of drug-likeness (QED) is 0.902. The number of nitrogens with one attached hydrogen (secondary N) is 1. The molecular weight excluding hydrogens is 328 g/mol. The summed E-state index contributed by atoms with van der Waals surface area (Å²) in [6.07, 6.45) is 3.50. The van der Waals surface area contributed by atoms with Crippen molar-refractivity contribution in [1.82, 2.24) is 19.8 Å². The van der Waals surface area contributed by atoms with Crippen molar-refractivity contribution in [2.75, 3.05) is 19.6 Å². The van der Waals surface area contributed by atoms with Gasteiger partial charge in [0.25, 0.3) is 0 Å². The lowest BCUT2D eigenvalue weighted by Gasteiger charge is -2.34. The number of amides is 2. The first-order valence-electron chi connectivity index (χ1n) is 9.55. The molecule has 0 radical (unpaired) electrons. The molecule has 1 aromatic heterocycles. The predicted octanol–water partition coefficient (Wildman–Crippen LogP) is 2.79. The zero-order valence-electron chi connectivity index (χ0n) is 15.5. The van der Waals surface area contributed by atoms with Gasteiger partial charge >= 0.3 is 0 Å². The number of carbonyl (C=O) groups is 2. The Kier molecular flexibility index (Phi) is 4.42. The van der Waals surface area contributed by atoms with Gasteiger partial charge in [0.15, 0.2) is 0 Å². The van der Waals surface area contributed by atoms with E-state index < -0.39 is 0 Å². The second kappa shape index (κ2) is 6.74. The number of hydrogen-bond acceptors (Lipinski definition) is 3. The van der Waals surface area contributed by atoms with Gasteiger partial charge < -0.3 is 14.8 Å². The third-order valence-corrected chi connectivity index (χ3v) is 5.80. The fourth-order valence-electron chi connectivity index (χ4n) is 4.29. The number of imidazole rings is 1. The Morgan fingerprint density at radius 2 is 1.92 bits per heavy atom. The summed E-state index contributed by atoms with van der Waals surface area (Å²) in [5.41, 5.74) is 3.19. The van der Waals surface area contributed by atoms with Gasteiger partial charge in [0.05, 0.1) is 17.1 Å². The van der Waals surface area contributed by atoms with Gasteiger partial charge in [0.2, 0.25) is 11.8 Å². The SMILES string of the molecule is CC(=O)N1CCC(C(=O)N2CCCC2c2nc3ccc(C)cc3[nH]2)CC1. The Labute approximate surface area is 153 Å². The van der Waals surface area contributed by atoms with Crippen molar-refractivity contribution < 1.29 is 9.59 Å². The van der Waals surface area contributed by atoms with E-state index in [0.29, 0.717) is 13.1 Å². The number of H-pyrrole nitrogens is 1. The maximum atomic E-state index is 13.1. The maximum Gasteiger partial charge on any atom is 0.226 e. The lowest BCUT2D eigenvalue weighted by Crippen LogP contribution is -2.43. The Morgan fingerprint density at radius 1 is 1.15 bits per heavy atom. The minimum atomic E-state index is 0.0258. The smallest absolute Gasteiger partial charge is 0.226 e. The molecule has 26 heavy (non-hydrogen) atoms. The summed E-state index contributed by atoms with van der Waals surface area (Å²) in [5, 5.41) is 0. The summed E-state index contributed by atoms with van der Waals surface area (Å²) >= 11 is 0. The zero-order chi connectivity index (χ0) is 18.3. The van der Waals surface area contributed by atoms with E-state index in [0.717, 1.165) is 49.1 Å². The Bertz CT molecular complexity index is 835. The molecule has 1 aromatic carbocycles. The molecule has 1 N–H and O–H groups in total. The van der Waals surface area contributed by atoms with Gasteiger partial charge in [-0.25, -0.2) is 4.98 Å². The van der Waals surface area contributed by atoms with Crippen LogP contribution >= 0.6 is 0 Å². The summed E-state index contributed by atoms with van der Waals surface area (Å²) in [4.78, 5) is 36.6. The molecule has 1 unspecified atom stereocenters. The molecule has 2 saturated heterocycles. The molecule has 0 spiro atoms. The van der Waals surface area contributed by atoms with Crippen molar-refractivity contribution in [2.24, 2.45) is 5.92 Å². The molecular formula is C20H26N4O2. The first-order chi connectivity index (χ1) is 12.5. The van der Waals surface area contributed by atoms with Crippen LogP contribution in [-0.2, 0) is 9.59 Å². The average molecular weight is 354 g/mol. The maximum absolute atomic E-state index is 13.1. The number of benzene rings is 1. The molecule has 1 atom stereocenters. The molecule has 0 aliphatic carbocycles. The van der Waals surface area contributed by atoms with Crippen molar-refractivity contribution in [3.8, 4) is 0 Å². The van der Waals surface area contributed by atoms with Crippen molar-refractivity contribution in [3.05, 3.63) is 29.6 Å². The number of fused-ring (bicyclic) bond motifs is 1. The average Bonchev–Trinajstić information content (AvgIpc) is 3.27. The molecule has 2 aromatic rings. The summed E-state index contributed by atoms with van der Waals surface area (Å²) in [7, 11) is 0. The van der Waals surface area contributed by atoms with Crippen LogP contribution in [0.15, 0.2) is 18.2 Å². The number of aryl methyl sites for hydroxylation is 1. The molecule has 2 aliphatic heterocycles. The highest BCUT2D eigenvalue weighted by Crippen LogP contribution is 2.34. The molecule has 3 heterocycles. The topological polar surface area (TPSA) is 69.3 Å². The van der Waals surface area contributed by atoms with E-state index in [1.807, 2.05) is 15.9 Å². The molecule has 0 saturated carbocycles. The number of carbonyl (C=O) groups excluding carboxylic acids is 2. The van der Waals surface area contributed by atoms with Crippen LogP contribution in [0.3, 0.4) is 0 Å². The number of nitrogens with zero attached hydrogens (tertiary/aromatic N) is 3. The minimum absolute atomic E-state index is 0.0258. The highest BCUT2D eigenvalue weighted by molar-refractivity contribution is 5.81. The first-order valence-corrected chi connectivity index (χ1v) is 9.55. The fourth-order valence-corrected chi connectivity index (χ4v) is 4.29. The van der Waals surface area contributed by atoms with Crippen LogP contribution in [-0.4, -0.2) is 51.2 Å². The van der Waals surface area contributed by atoms with Crippen molar-refractivity contribution in [3.63, 3.8) is 0 Å². The molecule has 138 valence electrons. The number of rotatable bonds is 2. The first kappa shape index (κ1) is 17.1. The summed E-state index contributed by atoms with van der Waals surface area (Å²) in [5.74, 6) is 1.26. The Balaban J connectivity index is 1.50. The van der Waals surface area contributed by atoms with Crippen molar-refractivity contribution in [1.29, 1.82) is 0 Å². The zero-order valence-corrected chi connectivity index (χ0v) is 15.5. The third kappa shape index (κ3) is 3.08. The summed E-state index contributed by atoms with van der Waals surface area (Å²) in [6, 6.07) is 6.24. The van der Waals surface area contributed by atoms with E-state index in [1.54, 1.807) is 6.92 Å².